The summed E-state index contributed by atoms with van der Waals surface area (Å²) in [5.41, 5.74) is 0. The van der Waals surface area contributed by atoms with Gasteiger partial charge in [0.2, 0.25) is 0 Å². The van der Waals surface area contributed by atoms with Crippen LogP contribution < -0.4 is 0 Å². The lowest BCUT2D eigenvalue weighted by Gasteiger charge is -2.19. The predicted molar refractivity (Wildman–Crippen MR) is 46.7 cm³/mol. The van der Waals surface area contributed by atoms with Crippen LogP contribution in [0.2, 0.25) is 0 Å². The van der Waals surface area contributed by atoms with Crippen molar-refractivity contribution in [2.24, 2.45) is 0 Å². The summed E-state index contributed by atoms with van der Waals surface area (Å²) in [6.45, 7) is 4.44. The van der Waals surface area contributed by atoms with Crippen LogP contribution in [0.5, 0.6) is 0 Å². The first-order chi connectivity index (χ1) is 6.04. The van der Waals surface area contributed by atoms with Crippen LogP contribution in [0.4, 0.5) is 4.79 Å². The summed E-state index contributed by atoms with van der Waals surface area (Å²) >= 11 is 0. The van der Waals surface area contributed by atoms with Crippen LogP contribution in [-0.4, -0.2) is 53.9 Å². The van der Waals surface area contributed by atoms with Crippen LogP contribution in [0, 0.1) is 0 Å². The van der Waals surface area contributed by atoms with Gasteiger partial charge in [-0.2, -0.15) is 0 Å². The molecule has 0 saturated heterocycles. The number of ether oxygens (including phenoxy) is 1. The molecule has 2 amide bonds. The van der Waals surface area contributed by atoms with Crippen LogP contribution in [0.1, 0.15) is 13.8 Å². The minimum atomic E-state index is -0.801. The van der Waals surface area contributed by atoms with E-state index in [9.17, 15) is 4.79 Å². The van der Waals surface area contributed by atoms with Gasteiger partial charge >= 0.3 is 6.03 Å². The lowest BCUT2D eigenvalue weighted by Crippen LogP contribution is -2.39. The molecule has 13 heavy (non-hydrogen) atoms. The molecular formula is C7H18N2O4. The molecule has 6 nitrogen and oxygen atoms in total. The minimum absolute atomic E-state index is 0.410. The second kappa shape index (κ2) is 9.24. The molecule has 0 aromatic carbocycles. The fourth-order valence-corrected chi connectivity index (χ4v) is 0.621. The lowest BCUT2D eigenvalue weighted by atomic mass is 10.5. The van der Waals surface area contributed by atoms with Crippen LogP contribution in [0.25, 0.3) is 0 Å². The van der Waals surface area contributed by atoms with Crippen LogP contribution in [0.15, 0.2) is 0 Å². The number of amides is 2. The third-order valence-corrected chi connectivity index (χ3v) is 1.21. The summed E-state index contributed by atoms with van der Waals surface area (Å²) in [7, 11) is 3.25. The Morgan fingerprint density at radius 2 is 1.54 bits per heavy atom. The topological polar surface area (TPSA) is 73.2 Å². The maximum Gasteiger partial charge on any atom is 0.369 e. The van der Waals surface area contributed by atoms with Gasteiger partial charge in [-0.05, 0) is 13.8 Å². The summed E-state index contributed by atoms with van der Waals surface area (Å²) in [6.07, 6.45) is 0. The molecule has 2 N–H and O–H groups in total. The summed E-state index contributed by atoms with van der Waals surface area (Å²) in [4.78, 5) is 11.9. The Balaban J connectivity index is 0. The van der Waals surface area contributed by atoms with Crippen LogP contribution in [-0.2, 0) is 4.74 Å². The molecule has 0 saturated carbocycles. The second-order valence-corrected chi connectivity index (χ2v) is 2.15. The van der Waals surface area contributed by atoms with Crippen molar-refractivity contribution in [3.63, 3.8) is 0 Å². The molecule has 6 heteroatoms. The zero-order chi connectivity index (χ0) is 10.9. The van der Waals surface area contributed by atoms with Gasteiger partial charge in [0.05, 0.1) is 0 Å². The van der Waals surface area contributed by atoms with Crippen molar-refractivity contribution in [2.75, 3.05) is 27.3 Å². The normalized spacial score (nSPS) is 8.46. The standard InChI is InChI=1S/C5H12N2O3.C2H6O/c1-3-6(4-2)5(8)7(9)10;1-3-2/h9-10H,3-4H2,1-2H3;1-2H3. The fourth-order valence-electron chi connectivity index (χ4n) is 0.621. The molecule has 0 aliphatic heterocycles. The maximum atomic E-state index is 10.7. The Morgan fingerprint density at radius 1 is 1.23 bits per heavy atom. The van der Waals surface area contributed by atoms with E-state index >= 15 is 0 Å². The molecule has 0 aromatic heterocycles. The van der Waals surface area contributed by atoms with E-state index in [0.717, 1.165) is 0 Å². The molecule has 0 aliphatic rings. The first-order valence-corrected chi connectivity index (χ1v) is 3.91. The number of methoxy groups -OCH3 is 1. The highest BCUT2D eigenvalue weighted by Gasteiger charge is 2.13. The Hall–Kier alpha value is -0.850. The third-order valence-electron chi connectivity index (χ3n) is 1.21. The van der Waals surface area contributed by atoms with Gasteiger partial charge < -0.3 is 9.64 Å². The highest BCUT2D eigenvalue weighted by atomic mass is 16.8. The van der Waals surface area contributed by atoms with E-state index in [1.54, 1.807) is 28.1 Å². The van der Waals surface area contributed by atoms with E-state index in [4.69, 9.17) is 10.4 Å². The van der Waals surface area contributed by atoms with Gasteiger partial charge in [-0.25, -0.2) is 4.79 Å². The summed E-state index contributed by atoms with van der Waals surface area (Å²) in [5.74, 6) is 0. The molecule has 80 valence electrons. The average molecular weight is 194 g/mol. The maximum absolute atomic E-state index is 10.7. The molecule has 0 unspecified atom stereocenters. The molecule has 0 heterocycles. The Labute approximate surface area is 78.2 Å². The smallest absolute Gasteiger partial charge is 0.369 e. The molecule has 0 aliphatic carbocycles. The minimum Gasteiger partial charge on any atom is -0.388 e. The van der Waals surface area contributed by atoms with E-state index in [1.807, 2.05) is 0 Å². The van der Waals surface area contributed by atoms with Crippen molar-refractivity contribution in [3.05, 3.63) is 0 Å². The van der Waals surface area contributed by atoms with Crippen molar-refractivity contribution >= 4 is 6.03 Å². The number of carbonyl (C=O) groups is 1. The molecule has 0 fully saturated rings. The van der Waals surface area contributed by atoms with E-state index in [2.05, 4.69) is 4.74 Å². The van der Waals surface area contributed by atoms with Crippen molar-refractivity contribution in [3.8, 4) is 0 Å². The van der Waals surface area contributed by atoms with Gasteiger partial charge in [-0.3, -0.25) is 10.4 Å². The van der Waals surface area contributed by atoms with Crippen LogP contribution >= 0.6 is 0 Å². The molecule has 0 aromatic rings. The largest absolute Gasteiger partial charge is 0.388 e. The summed E-state index contributed by atoms with van der Waals surface area (Å²) < 4.78 is 4.25. The van der Waals surface area contributed by atoms with Gasteiger partial charge in [-0.15, -0.1) is 0 Å². The monoisotopic (exact) mass is 194 g/mol. The van der Waals surface area contributed by atoms with Crippen molar-refractivity contribution in [1.82, 2.24) is 10.1 Å². The molecular weight excluding hydrogens is 176 g/mol. The Morgan fingerprint density at radius 3 is 1.62 bits per heavy atom. The van der Waals surface area contributed by atoms with E-state index in [-0.39, 0.29) is 0 Å². The van der Waals surface area contributed by atoms with Gasteiger partial charge in [0.15, 0.2) is 0 Å². The van der Waals surface area contributed by atoms with E-state index in [1.165, 1.54) is 4.90 Å². The van der Waals surface area contributed by atoms with E-state index < -0.39 is 11.3 Å². The highest BCUT2D eigenvalue weighted by molar-refractivity contribution is 5.71. The Bertz CT molecular complexity index is 126. The number of nitrogens with zero attached hydrogens (tertiary/aromatic N) is 2. The lowest BCUT2D eigenvalue weighted by molar-refractivity contribution is -0.264. The number of urea groups is 1. The fraction of sp³-hybridized carbons (Fsp3) is 0.857. The Kier molecular flexibility index (Phi) is 10.4. The van der Waals surface area contributed by atoms with Crippen molar-refractivity contribution in [1.29, 1.82) is 0 Å². The predicted octanol–water partition coefficient (Wildman–Crippen LogP) is 0.791. The zero-order valence-corrected chi connectivity index (χ0v) is 8.52. The van der Waals surface area contributed by atoms with Gasteiger partial charge in [0.1, 0.15) is 0 Å². The summed E-state index contributed by atoms with van der Waals surface area (Å²) in [6, 6.07) is -0.801. The quantitative estimate of drug-likeness (QED) is 0.503. The van der Waals surface area contributed by atoms with E-state index in [0.29, 0.717) is 13.1 Å². The first kappa shape index (κ1) is 14.7. The second-order valence-electron chi connectivity index (χ2n) is 2.15. The highest BCUT2D eigenvalue weighted by Crippen LogP contribution is 1.91. The molecule has 0 bridgehead atoms. The van der Waals surface area contributed by atoms with Gasteiger partial charge in [0, 0.05) is 27.3 Å². The van der Waals surface area contributed by atoms with Gasteiger partial charge in [-0.1, -0.05) is 5.23 Å². The molecule has 0 spiro atoms. The number of rotatable bonds is 2. The molecule has 0 rings (SSSR count). The average Bonchev–Trinajstić information content (AvgIpc) is 2.07. The summed E-state index contributed by atoms with van der Waals surface area (Å²) in [5, 5.41) is 16.1. The van der Waals surface area contributed by atoms with Crippen molar-refractivity contribution < 1.29 is 19.9 Å². The number of carbonyl (C=O) groups excluding carboxylic acids is 1. The van der Waals surface area contributed by atoms with Crippen LogP contribution in [0.3, 0.4) is 0 Å². The molecule has 0 atom stereocenters. The SMILES string of the molecule is CCN(CC)C(=O)N(O)O.COC. The number of hydrogen-bond donors (Lipinski definition) is 2. The third kappa shape index (κ3) is 7.51. The molecule has 0 radical (unpaired) electrons. The van der Waals surface area contributed by atoms with Gasteiger partial charge in [0.25, 0.3) is 0 Å². The van der Waals surface area contributed by atoms with Crippen molar-refractivity contribution in [2.45, 2.75) is 13.8 Å². The number of hydroxylamine groups is 2. The zero-order valence-electron chi connectivity index (χ0n) is 8.52. The first-order valence-electron chi connectivity index (χ1n) is 3.91. The number of hydrogen-bond acceptors (Lipinski definition) is 4.